The molecule has 0 radical (unpaired) electrons. The maximum atomic E-state index is 12.8. The van der Waals surface area contributed by atoms with Gasteiger partial charge in [-0.15, -0.1) is 5.10 Å². The molecule has 0 unspecified atom stereocenters. The van der Waals surface area contributed by atoms with Crippen LogP contribution in [-0.4, -0.2) is 40.0 Å². The molecule has 0 aliphatic rings. The van der Waals surface area contributed by atoms with Gasteiger partial charge in [0.05, 0.1) is 36.6 Å². The minimum absolute atomic E-state index is 0.190. The van der Waals surface area contributed by atoms with Crippen LogP contribution in [0.3, 0.4) is 0 Å². The summed E-state index contributed by atoms with van der Waals surface area (Å²) >= 11 is 0. The number of hydrogen-bond donors (Lipinski definition) is 2. The molecule has 2 N–H and O–H groups in total. The van der Waals surface area contributed by atoms with E-state index < -0.39 is 0 Å². The average Bonchev–Trinajstić information content (AvgIpc) is 3.29. The molecule has 0 atom stereocenters. The number of amides is 2. The first-order valence-corrected chi connectivity index (χ1v) is 11.5. The van der Waals surface area contributed by atoms with Gasteiger partial charge in [0.2, 0.25) is 5.91 Å². The number of nitrogens with zero attached hydrogens (tertiary/aromatic N) is 3. The fraction of sp³-hybridized carbons (Fsp3) is 0.231. The van der Waals surface area contributed by atoms with Crippen molar-refractivity contribution in [1.82, 2.24) is 15.0 Å². The Labute approximate surface area is 203 Å². The van der Waals surface area contributed by atoms with Crippen molar-refractivity contribution in [2.24, 2.45) is 0 Å². The molecule has 0 bridgehead atoms. The fourth-order valence-corrected chi connectivity index (χ4v) is 3.59. The number of ether oxygens (including phenoxy) is 2. The Morgan fingerprint density at radius 3 is 2.17 bits per heavy atom. The highest BCUT2D eigenvalue weighted by molar-refractivity contribution is 6.05. The molecule has 0 aliphatic carbocycles. The summed E-state index contributed by atoms with van der Waals surface area (Å²) < 4.78 is 13.2. The summed E-state index contributed by atoms with van der Waals surface area (Å²) in [5, 5.41) is 14.0. The number of anilines is 2. The zero-order chi connectivity index (χ0) is 24.6. The number of carbonyl (C=O) groups excluding carboxylic acids is 2. The van der Waals surface area contributed by atoms with Crippen LogP contribution in [0.2, 0.25) is 0 Å². The van der Waals surface area contributed by atoms with Crippen molar-refractivity contribution in [3.63, 3.8) is 0 Å². The molecule has 0 saturated heterocycles. The van der Waals surface area contributed by atoms with Gasteiger partial charge in [-0.1, -0.05) is 35.5 Å². The Morgan fingerprint density at radius 2 is 1.49 bits per heavy atom. The first-order valence-electron chi connectivity index (χ1n) is 11.5. The van der Waals surface area contributed by atoms with E-state index in [1.165, 1.54) is 0 Å². The van der Waals surface area contributed by atoms with Crippen molar-refractivity contribution >= 4 is 34.2 Å². The van der Waals surface area contributed by atoms with Crippen LogP contribution in [0.15, 0.2) is 66.7 Å². The van der Waals surface area contributed by atoms with Crippen molar-refractivity contribution in [2.75, 3.05) is 23.8 Å². The zero-order valence-corrected chi connectivity index (χ0v) is 19.7. The monoisotopic (exact) mass is 473 g/mol. The Kier molecular flexibility index (Phi) is 7.57. The molecular weight excluding hydrogens is 446 g/mol. The molecule has 35 heavy (non-hydrogen) atoms. The second-order valence-electron chi connectivity index (χ2n) is 7.63. The zero-order valence-electron chi connectivity index (χ0n) is 19.7. The Morgan fingerprint density at radius 1 is 0.857 bits per heavy atom. The molecule has 2 amide bonds. The first kappa shape index (κ1) is 23.7. The average molecular weight is 474 g/mol. The maximum absolute atomic E-state index is 12.8. The minimum atomic E-state index is -0.272. The number of benzene rings is 3. The van der Waals surface area contributed by atoms with E-state index in [-0.39, 0.29) is 18.2 Å². The summed E-state index contributed by atoms with van der Waals surface area (Å²) in [6.45, 7) is 4.84. The lowest BCUT2D eigenvalue weighted by atomic mass is 10.2. The Hall–Kier alpha value is -4.40. The summed E-state index contributed by atoms with van der Waals surface area (Å²) in [6, 6.07) is 19.8. The highest BCUT2D eigenvalue weighted by Gasteiger charge is 2.17. The normalized spacial score (nSPS) is 10.7. The molecule has 180 valence electrons. The highest BCUT2D eigenvalue weighted by atomic mass is 16.5. The second kappa shape index (κ2) is 11.1. The SMILES string of the molecule is CCOc1cc(NC(=O)c2ccccc2)c(OCC)cc1NC(=O)CCn1nnc2ccccc21. The van der Waals surface area contributed by atoms with Gasteiger partial charge in [-0.3, -0.25) is 9.59 Å². The van der Waals surface area contributed by atoms with Gasteiger partial charge in [0, 0.05) is 24.1 Å². The van der Waals surface area contributed by atoms with E-state index in [1.807, 2.05) is 44.2 Å². The smallest absolute Gasteiger partial charge is 0.255 e. The molecule has 0 saturated carbocycles. The Bertz CT molecular complexity index is 1320. The second-order valence-corrected chi connectivity index (χ2v) is 7.63. The summed E-state index contributed by atoms with van der Waals surface area (Å²) in [5.41, 5.74) is 3.08. The van der Waals surface area contributed by atoms with E-state index in [0.717, 1.165) is 11.0 Å². The van der Waals surface area contributed by atoms with Crippen LogP contribution in [0, 0.1) is 0 Å². The van der Waals surface area contributed by atoms with Crippen LogP contribution in [0.1, 0.15) is 30.6 Å². The predicted molar refractivity (Wildman–Crippen MR) is 134 cm³/mol. The quantitative estimate of drug-likeness (QED) is 0.351. The van der Waals surface area contributed by atoms with Crippen LogP contribution in [0.25, 0.3) is 11.0 Å². The summed E-state index contributed by atoms with van der Waals surface area (Å²) in [5.74, 6) is 0.372. The third kappa shape index (κ3) is 5.75. The van der Waals surface area contributed by atoms with E-state index in [4.69, 9.17) is 9.47 Å². The van der Waals surface area contributed by atoms with Crippen molar-refractivity contribution in [3.8, 4) is 11.5 Å². The standard InChI is InChI=1S/C26H27N5O4/c1-3-34-23-17-21(28-26(33)18-10-6-5-7-11-18)24(35-4-2)16-20(23)27-25(32)14-15-31-22-13-9-8-12-19(22)29-30-31/h5-13,16-17H,3-4,14-15H2,1-2H3,(H,27,32)(H,28,33). The van der Waals surface area contributed by atoms with E-state index in [1.54, 1.807) is 41.1 Å². The van der Waals surface area contributed by atoms with Crippen LogP contribution in [0.4, 0.5) is 11.4 Å². The van der Waals surface area contributed by atoms with Crippen molar-refractivity contribution in [3.05, 3.63) is 72.3 Å². The van der Waals surface area contributed by atoms with Gasteiger partial charge in [0.1, 0.15) is 17.0 Å². The third-order valence-corrected chi connectivity index (χ3v) is 5.21. The largest absolute Gasteiger partial charge is 0.492 e. The molecule has 3 aromatic carbocycles. The number of hydrogen-bond acceptors (Lipinski definition) is 6. The molecule has 4 aromatic rings. The van der Waals surface area contributed by atoms with Gasteiger partial charge < -0.3 is 20.1 Å². The summed E-state index contributed by atoms with van der Waals surface area (Å²) in [4.78, 5) is 25.5. The number of carbonyl (C=O) groups is 2. The minimum Gasteiger partial charge on any atom is -0.492 e. The predicted octanol–water partition coefficient (Wildman–Crippen LogP) is 4.51. The number of fused-ring (bicyclic) bond motifs is 1. The van der Waals surface area contributed by atoms with Crippen LogP contribution < -0.4 is 20.1 Å². The maximum Gasteiger partial charge on any atom is 0.255 e. The van der Waals surface area contributed by atoms with E-state index in [0.29, 0.717) is 48.2 Å². The lowest BCUT2D eigenvalue weighted by Crippen LogP contribution is -2.17. The van der Waals surface area contributed by atoms with Gasteiger partial charge in [-0.25, -0.2) is 4.68 Å². The molecule has 4 rings (SSSR count). The van der Waals surface area contributed by atoms with Crippen LogP contribution in [-0.2, 0) is 11.3 Å². The van der Waals surface area contributed by atoms with Gasteiger partial charge in [0.15, 0.2) is 0 Å². The first-order chi connectivity index (χ1) is 17.1. The molecule has 9 nitrogen and oxygen atoms in total. The lowest BCUT2D eigenvalue weighted by Gasteiger charge is -2.18. The van der Waals surface area contributed by atoms with Gasteiger partial charge >= 0.3 is 0 Å². The molecule has 0 aliphatic heterocycles. The number of nitrogens with one attached hydrogen (secondary N) is 2. The molecule has 1 aromatic heterocycles. The molecular formula is C26H27N5O4. The van der Waals surface area contributed by atoms with Crippen LogP contribution in [0.5, 0.6) is 11.5 Å². The summed E-state index contributed by atoms with van der Waals surface area (Å²) in [7, 11) is 0. The van der Waals surface area contributed by atoms with Crippen molar-refractivity contribution in [1.29, 1.82) is 0 Å². The fourth-order valence-electron chi connectivity index (χ4n) is 3.59. The van der Waals surface area contributed by atoms with E-state index in [9.17, 15) is 9.59 Å². The molecule has 0 spiro atoms. The number of aryl methyl sites for hydroxylation is 1. The number of aromatic nitrogens is 3. The molecule has 0 fully saturated rings. The van der Waals surface area contributed by atoms with Gasteiger partial charge in [-0.2, -0.15) is 0 Å². The summed E-state index contributed by atoms with van der Waals surface area (Å²) in [6.07, 6.45) is 0.190. The molecule has 9 heteroatoms. The highest BCUT2D eigenvalue weighted by Crippen LogP contribution is 2.37. The number of rotatable bonds is 10. The van der Waals surface area contributed by atoms with Crippen molar-refractivity contribution < 1.29 is 19.1 Å². The third-order valence-electron chi connectivity index (χ3n) is 5.21. The topological polar surface area (TPSA) is 107 Å². The number of para-hydroxylation sites is 1. The van der Waals surface area contributed by atoms with E-state index in [2.05, 4.69) is 20.9 Å². The van der Waals surface area contributed by atoms with Crippen molar-refractivity contribution in [2.45, 2.75) is 26.8 Å². The molecule has 1 heterocycles. The van der Waals surface area contributed by atoms with E-state index >= 15 is 0 Å². The van der Waals surface area contributed by atoms with Crippen LogP contribution >= 0.6 is 0 Å². The van der Waals surface area contributed by atoms with Gasteiger partial charge in [-0.05, 0) is 38.1 Å². The van der Waals surface area contributed by atoms with Gasteiger partial charge in [0.25, 0.3) is 5.91 Å². The lowest BCUT2D eigenvalue weighted by molar-refractivity contribution is -0.116. The Balaban J connectivity index is 1.52.